The van der Waals surface area contributed by atoms with Crippen LogP contribution in [0.5, 0.6) is 0 Å². The normalized spacial score (nSPS) is 10.2. The van der Waals surface area contributed by atoms with Crippen molar-refractivity contribution in [2.75, 3.05) is 30.9 Å². The van der Waals surface area contributed by atoms with Crippen LogP contribution in [0, 0.1) is 0 Å². The summed E-state index contributed by atoms with van der Waals surface area (Å²) in [5.41, 5.74) is 1.20. The Bertz CT molecular complexity index is 714. The highest BCUT2D eigenvalue weighted by molar-refractivity contribution is 6.03. The van der Waals surface area contributed by atoms with E-state index in [4.69, 9.17) is 0 Å². The number of methoxy groups -OCH3 is 1. The summed E-state index contributed by atoms with van der Waals surface area (Å²) in [7, 11) is 3.27. The van der Waals surface area contributed by atoms with Gasteiger partial charge in [-0.15, -0.1) is 10.2 Å². The summed E-state index contributed by atoms with van der Waals surface area (Å²) in [6, 6.07) is 9.84. The molecule has 0 aliphatic rings. The predicted molar refractivity (Wildman–Crippen MR) is 95.9 cm³/mol. The van der Waals surface area contributed by atoms with E-state index >= 15 is 0 Å². The monoisotopic (exact) mass is 342 g/mol. The van der Waals surface area contributed by atoms with E-state index in [-0.39, 0.29) is 11.6 Å². The van der Waals surface area contributed by atoms with Crippen LogP contribution in [0.15, 0.2) is 36.4 Å². The Balaban J connectivity index is 1.99. The summed E-state index contributed by atoms with van der Waals surface area (Å²) in [4.78, 5) is 25.6. The second-order valence-corrected chi connectivity index (χ2v) is 5.57. The van der Waals surface area contributed by atoms with E-state index in [0.717, 1.165) is 25.2 Å². The van der Waals surface area contributed by atoms with Crippen LogP contribution >= 0.6 is 0 Å². The largest absolute Gasteiger partial charge is 0.465 e. The molecule has 1 amide bonds. The number of anilines is 2. The molecule has 0 saturated carbocycles. The minimum atomic E-state index is -0.425. The molecule has 1 aromatic carbocycles. The smallest absolute Gasteiger partial charge is 0.337 e. The molecule has 0 unspecified atom stereocenters. The first-order valence-electron chi connectivity index (χ1n) is 8.09. The number of nitrogens with zero attached hydrogens (tertiary/aromatic N) is 3. The molecular formula is C18H22N4O3. The molecule has 0 bridgehead atoms. The zero-order chi connectivity index (χ0) is 18.2. The molecular weight excluding hydrogens is 320 g/mol. The molecule has 2 aromatic rings. The summed E-state index contributed by atoms with van der Waals surface area (Å²) >= 11 is 0. The lowest BCUT2D eigenvalue weighted by atomic mass is 10.2. The van der Waals surface area contributed by atoms with Gasteiger partial charge in [-0.2, -0.15) is 0 Å². The Morgan fingerprint density at radius 2 is 1.84 bits per heavy atom. The van der Waals surface area contributed by atoms with Gasteiger partial charge in [-0.25, -0.2) is 4.79 Å². The SMILES string of the molecule is CCCCN(C)c1ccc(C(=O)Nc2ccc(C(=O)OC)cc2)nn1. The van der Waals surface area contributed by atoms with Crippen molar-refractivity contribution in [3.8, 4) is 0 Å². The van der Waals surface area contributed by atoms with Crippen molar-refractivity contribution in [3.63, 3.8) is 0 Å². The molecule has 0 atom stereocenters. The zero-order valence-corrected chi connectivity index (χ0v) is 14.7. The molecule has 0 fully saturated rings. The third-order valence-corrected chi connectivity index (χ3v) is 3.69. The number of benzene rings is 1. The molecule has 0 radical (unpaired) electrons. The van der Waals surface area contributed by atoms with Crippen LogP contribution in [0.2, 0.25) is 0 Å². The number of carbonyl (C=O) groups is 2. The van der Waals surface area contributed by atoms with Gasteiger partial charge in [-0.05, 0) is 42.8 Å². The molecule has 25 heavy (non-hydrogen) atoms. The second kappa shape index (κ2) is 8.77. The van der Waals surface area contributed by atoms with Crippen molar-refractivity contribution in [1.29, 1.82) is 0 Å². The Morgan fingerprint density at radius 3 is 2.40 bits per heavy atom. The summed E-state index contributed by atoms with van der Waals surface area (Å²) in [5.74, 6) is -0.0555. The van der Waals surface area contributed by atoms with Gasteiger partial charge in [0, 0.05) is 19.3 Å². The quantitative estimate of drug-likeness (QED) is 0.779. The molecule has 7 nitrogen and oxygen atoms in total. The fourth-order valence-corrected chi connectivity index (χ4v) is 2.16. The van der Waals surface area contributed by atoms with Crippen LogP contribution in [0.25, 0.3) is 0 Å². The van der Waals surface area contributed by atoms with Gasteiger partial charge in [0.1, 0.15) is 0 Å². The maximum Gasteiger partial charge on any atom is 0.337 e. The van der Waals surface area contributed by atoms with E-state index in [0.29, 0.717) is 11.3 Å². The highest BCUT2D eigenvalue weighted by atomic mass is 16.5. The Hall–Kier alpha value is -2.96. The van der Waals surface area contributed by atoms with Crippen molar-refractivity contribution in [2.24, 2.45) is 0 Å². The van der Waals surface area contributed by atoms with Crippen molar-refractivity contribution >= 4 is 23.4 Å². The van der Waals surface area contributed by atoms with E-state index in [1.54, 1.807) is 36.4 Å². The molecule has 2 rings (SSSR count). The average molecular weight is 342 g/mol. The molecule has 0 aliphatic carbocycles. The summed E-state index contributed by atoms with van der Waals surface area (Å²) in [5, 5.41) is 10.8. The third kappa shape index (κ3) is 5.00. The number of ether oxygens (including phenoxy) is 1. The van der Waals surface area contributed by atoms with Crippen LogP contribution < -0.4 is 10.2 Å². The van der Waals surface area contributed by atoms with Gasteiger partial charge in [0.2, 0.25) is 0 Å². The molecule has 0 aliphatic heterocycles. The van der Waals surface area contributed by atoms with Crippen LogP contribution in [-0.4, -0.2) is 42.8 Å². The zero-order valence-electron chi connectivity index (χ0n) is 14.7. The standard InChI is InChI=1S/C18H22N4O3/c1-4-5-12-22(2)16-11-10-15(20-21-16)17(23)19-14-8-6-13(7-9-14)18(24)25-3/h6-11H,4-5,12H2,1-3H3,(H,19,23). The van der Waals surface area contributed by atoms with Crippen molar-refractivity contribution in [3.05, 3.63) is 47.7 Å². The number of amides is 1. The minimum absolute atomic E-state index is 0.227. The number of nitrogens with one attached hydrogen (secondary N) is 1. The van der Waals surface area contributed by atoms with Crippen LogP contribution in [0.3, 0.4) is 0 Å². The van der Waals surface area contributed by atoms with Crippen molar-refractivity contribution in [1.82, 2.24) is 10.2 Å². The highest BCUT2D eigenvalue weighted by Gasteiger charge is 2.11. The van der Waals surface area contributed by atoms with Gasteiger partial charge in [0.15, 0.2) is 11.5 Å². The fraction of sp³-hybridized carbons (Fsp3) is 0.333. The Kier molecular flexibility index (Phi) is 6.45. The van der Waals surface area contributed by atoms with Crippen molar-refractivity contribution < 1.29 is 14.3 Å². The van der Waals surface area contributed by atoms with E-state index in [1.807, 2.05) is 11.9 Å². The van der Waals surface area contributed by atoms with Gasteiger partial charge in [-0.1, -0.05) is 13.3 Å². The lowest BCUT2D eigenvalue weighted by molar-refractivity contribution is 0.0600. The summed E-state index contributed by atoms with van der Waals surface area (Å²) < 4.78 is 4.63. The Morgan fingerprint density at radius 1 is 1.12 bits per heavy atom. The van der Waals surface area contributed by atoms with Gasteiger partial charge >= 0.3 is 5.97 Å². The van der Waals surface area contributed by atoms with E-state index in [2.05, 4.69) is 27.2 Å². The molecule has 1 N–H and O–H groups in total. The molecule has 7 heteroatoms. The first-order valence-corrected chi connectivity index (χ1v) is 8.09. The minimum Gasteiger partial charge on any atom is -0.465 e. The Labute approximate surface area is 147 Å². The first kappa shape index (κ1) is 18.4. The van der Waals surface area contributed by atoms with Gasteiger partial charge in [0.05, 0.1) is 12.7 Å². The number of hydrogen-bond donors (Lipinski definition) is 1. The molecule has 0 saturated heterocycles. The van der Waals surface area contributed by atoms with E-state index in [9.17, 15) is 9.59 Å². The first-order chi connectivity index (χ1) is 12.0. The number of aromatic nitrogens is 2. The second-order valence-electron chi connectivity index (χ2n) is 5.57. The molecule has 132 valence electrons. The number of hydrogen-bond acceptors (Lipinski definition) is 6. The topological polar surface area (TPSA) is 84.4 Å². The number of rotatable bonds is 7. The lowest BCUT2D eigenvalue weighted by Crippen LogP contribution is -2.21. The maximum atomic E-state index is 12.2. The molecule has 1 aromatic heterocycles. The molecule has 0 spiro atoms. The van der Waals surface area contributed by atoms with Gasteiger partial charge in [-0.3, -0.25) is 4.79 Å². The van der Waals surface area contributed by atoms with Gasteiger partial charge in [0.25, 0.3) is 5.91 Å². The fourth-order valence-electron chi connectivity index (χ4n) is 2.16. The highest BCUT2D eigenvalue weighted by Crippen LogP contribution is 2.13. The van der Waals surface area contributed by atoms with E-state index in [1.165, 1.54) is 7.11 Å². The maximum absolute atomic E-state index is 12.2. The van der Waals surface area contributed by atoms with Crippen LogP contribution in [0.4, 0.5) is 11.5 Å². The van der Waals surface area contributed by atoms with Crippen LogP contribution in [0.1, 0.15) is 40.6 Å². The summed E-state index contributed by atoms with van der Waals surface area (Å²) in [6.45, 7) is 3.02. The van der Waals surface area contributed by atoms with Crippen LogP contribution in [-0.2, 0) is 4.74 Å². The predicted octanol–water partition coefficient (Wildman–Crippen LogP) is 2.75. The van der Waals surface area contributed by atoms with E-state index < -0.39 is 5.97 Å². The van der Waals surface area contributed by atoms with Crippen molar-refractivity contribution in [2.45, 2.75) is 19.8 Å². The summed E-state index contributed by atoms with van der Waals surface area (Å²) in [6.07, 6.45) is 2.18. The number of carbonyl (C=O) groups excluding carboxylic acids is 2. The third-order valence-electron chi connectivity index (χ3n) is 3.69. The average Bonchev–Trinajstić information content (AvgIpc) is 2.66. The number of unbranched alkanes of at least 4 members (excludes halogenated alkanes) is 1. The van der Waals surface area contributed by atoms with Gasteiger partial charge < -0.3 is 15.0 Å². The lowest BCUT2D eigenvalue weighted by Gasteiger charge is -2.16. The number of esters is 1. The molecule has 1 heterocycles.